The fourth-order valence-electron chi connectivity index (χ4n) is 3.40. The molecule has 1 N–H and O–H groups in total. The van der Waals surface area contributed by atoms with Crippen molar-refractivity contribution in [2.75, 3.05) is 5.75 Å². The molecule has 1 saturated carbocycles. The molecule has 0 bridgehead atoms. The molecule has 1 aromatic carbocycles. The van der Waals surface area contributed by atoms with E-state index in [1.807, 2.05) is 0 Å². The van der Waals surface area contributed by atoms with Crippen LogP contribution in [0.25, 0.3) is 0 Å². The Labute approximate surface area is 198 Å². The lowest BCUT2D eigenvalue weighted by Crippen LogP contribution is -2.63. The van der Waals surface area contributed by atoms with Crippen LogP contribution in [0.4, 0.5) is 26.3 Å². The number of benzene rings is 1. The monoisotopic (exact) mass is 584 g/mol. The van der Waals surface area contributed by atoms with Gasteiger partial charge in [0.05, 0.1) is 11.8 Å². The summed E-state index contributed by atoms with van der Waals surface area (Å²) in [6.07, 6.45) is -13.5. The summed E-state index contributed by atoms with van der Waals surface area (Å²) < 4.78 is 120. The number of ether oxygens (including phenoxy) is 2. The number of carbonyl (C=O) groups is 2. The first-order chi connectivity index (χ1) is 15.5. The zero-order chi connectivity index (χ0) is 25.9. The van der Waals surface area contributed by atoms with Gasteiger partial charge in [0, 0.05) is 4.47 Å². The largest absolute Gasteiger partial charge is 0.461 e. The molecule has 1 aromatic rings. The topological polar surface area (TPSA) is 107 Å². The van der Waals surface area contributed by atoms with Gasteiger partial charge >= 0.3 is 29.9 Å². The van der Waals surface area contributed by atoms with Gasteiger partial charge in [-0.25, -0.2) is 0 Å². The van der Waals surface area contributed by atoms with Gasteiger partial charge in [-0.1, -0.05) is 28.1 Å². The van der Waals surface area contributed by atoms with E-state index in [4.69, 9.17) is 9.29 Å². The number of halogens is 7. The zero-order valence-corrected chi connectivity index (χ0v) is 19.6. The molecule has 15 heteroatoms. The molecular formula is C19H19BrF6O7S. The van der Waals surface area contributed by atoms with Gasteiger partial charge in [-0.05, 0) is 43.4 Å². The van der Waals surface area contributed by atoms with Crippen LogP contribution in [0, 0.1) is 11.8 Å². The molecule has 1 fully saturated rings. The smallest absolute Gasteiger partial charge is 0.438 e. The van der Waals surface area contributed by atoms with Gasteiger partial charge in [0.1, 0.15) is 12.4 Å². The number of alkyl halides is 6. The van der Waals surface area contributed by atoms with Gasteiger partial charge in [-0.3, -0.25) is 14.1 Å². The lowest BCUT2D eigenvalue weighted by atomic mass is 9.82. The van der Waals surface area contributed by atoms with Crippen molar-refractivity contribution in [3.05, 3.63) is 34.3 Å². The van der Waals surface area contributed by atoms with Crippen molar-refractivity contribution in [3.63, 3.8) is 0 Å². The standard InChI is InChI=1S/C19H19BrF6O7S/c20-14-7-1-11(2-8-14)9-32-15(27)12-3-5-13(6-4-12)16(28)33-17(18(21,22)23,19(24,25)26)10-34(29,30)31/h1-2,7-8,12-13H,3-6,9-10H2,(H,29,30,31). The van der Waals surface area contributed by atoms with E-state index in [0.29, 0.717) is 5.56 Å². The second-order valence-corrected chi connectivity index (χ2v) is 10.1. The van der Waals surface area contributed by atoms with E-state index in [2.05, 4.69) is 20.7 Å². The van der Waals surface area contributed by atoms with E-state index in [1.54, 1.807) is 24.3 Å². The van der Waals surface area contributed by atoms with Crippen LogP contribution in [0.1, 0.15) is 31.2 Å². The minimum Gasteiger partial charge on any atom is -0.461 e. The Hall–Kier alpha value is -1.87. The normalized spacial score (nSPS) is 20.0. The van der Waals surface area contributed by atoms with Crippen LogP contribution >= 0.6 is 15.9 Å². The predicted octanol–water partition coefficient (Wildman–Crippen LogP) is 4.59. The lowest BCUT2D eigenvalue weighted by molar-refractivity contribution is -0.362. The first-order valence-electron chi connectivity index (χ1n) is 9.68. The number of hydrogen-bond acceptors (Lipinski definition) is 6. The Morgan fingerprint density at radius 2 is 1.35 bits per heavy atom. The molecule has 2 rings (SSSR count). The van der Waals surface area contributed by atoms with Gasteiger partial charge in [0.15, 0.2) is 0 Å². The molecule has 1 aliphatic rings. The molecule has 0 spiro atoms. The number of carbonyl (C=O) groups excluding carboxylic acids is 2. The summed E-state index contributed by atoms with van der Waals surface area (Å²) in [5.74, 6) is -7.68. The van der Waals surface area contributed by atoms with Crippen molar-refractivity contribution >= 4 is 38.0 Å². The molecule has 0 amide bonds. The van der Waals surface area contributed by atoms with Crippen molar-refractivity contribution in [1.29, 1.82) is 0 Å². The second kappa shape index (κ2) is 10.4. The fourth-order valence-corrected chi connectivity index (χ4v) is 4.56. The van der Waals surface area contributed by atoms with Crippen molar-refractivity contribution in [3.8, 4) is 0 Å². The molecule has 0 saturated heterocycles. The summed E-state index contributed by atoms with van der Waals surface area (Å²) in [6, 6.07) is 6.85. The summed E-state index contributed by atoms with van der Waals surface area (Å²) in [6.45, 7) is -0.0522. The highest BCUT2D eigenvalue weighted by Gasteiger charge is 2.76. The fraction of sp³-hybridized carbons (Fsp3) is 0.579. The van der Waals surface area contributed by atoms with Gasteiger partial charge in [0.25, 0.3) is 10.1 Å². The van der Waals surface area contributed by atoms with Gasteiger partial charge in [-0.2, -0.15) is 34.8 Å². The van der Waals surface area contributed by atoms with Crippen LogP contribution < -0.4 is 0 Å². The average Bonchev–Trinajstić information content (AvgIpc) is 2.70. The van der Waals surface area contributed by atoms with Crippen LogP contribution in [0.5, 0.6) is 0 Å². The first kappa shape index (κ1) is 28.4. The third-order valence-corrected chi connectivity index (χ3v) is 6.56. The highest BCUT2D eigenvalue weighted by Crippen LogP contribution is 2.47. The molecule has 192 valence electrons. The van der Waals surface area contributed by atoms with Gasteiger partial charge in [0.2, 0.25) is 0 Å². The van der Waals surface area contributed by atoms with Crippen molar-refractivity contribution in [2.24, 2.45) is 11.8 Å². The van der Waals surface area contributed by atoms with Crippen LogP contribution in [0.15, 0.2) is 28.7 Å². The van der Waals surface area contributed by atoms with Gasteiger partial charge in [-0.15, -0.1) is 0 Å². The molecule has 0 aliphatic heterocycles. The molecular weight excluding hydrogens is 566 g/mol. The first-order valence-corrected chi connectivity index (χ1v) is 12.1. The van der Waals surface area contributed by atoms with Crippen LogP contribution in [-0.4, -0.2) is 48.6 Å². The predicted molar refractivity (Wildman–Crippen MR) is 107 cm³/mol. The Bertz CT molecular complexity index is 970. The molecule has 0 atom stereocenters. The molecule has 0 heterocycles. The highest BCUT2D eigenvalue weighted by atomic mass is 79.9. The van der Waals surface area contributed by atoms with Gasteiger partial charge < -0.3 is 9.47 Å². The summed E-state index contributed by atoms with van der Waals surface area (Å²) in [4.78, 5) is 24.4. The molecule has 34 heavy (non-hydrogen) atoms. The molecule has 0 unspecified atom stereocenters. The van der Waals surface area contributed by atoms with E-state index in [-0.39, 0.29) is 32.3 Å². The van der Waals surface area contributed by atoms with Crippen LogP contribution in [0.3, 0.4) is 0 Å². The third-order valence-electron chi connectivity index (χ3n) is 5.26. The molecule has 0 aromatic heterocycles. The summed E-state index contributed by atoms with van der Waals surface area (Å²) in [5, 5.41) is 0. The Morgan fingerprint density at radius 1 is 0.912 bits per heavy atom. The maximum atomic E-state index is 13.3. The van der Waals surface area contributed by atoms with Crippen LogP contribution in [0.2, 0.25) is 0 Å². The summed E-state index contributed by atoms with van der Waals surface area (Å²) >= 11 is 3.25. The number of esters is 2. The number of rotatable bonds is 7. The summed E-state index contributed by atoms with van der Waals surface area (Å²) in [5.41, 5.74) is -4.76. The van der Waals surface area contributed by atoms with Crippen molar-refractivity contribution in [1.82, 2.24) is 0 Å². The van der Waals surface area contributed by atoms with E-state index >= 15 is 0 Å². The summed E-state index contributed by atoms with van der Waals surface area (Å²) in [7, 11) is -5.86. The lowest BCUT2D eigenvalue weighted by Gasteiger charge is -2.37. The molecule has 0 radical (unpaired) electrons. The second-order valence-electron chi connectivity index (χ2n) is 7.75. The molecule has 7 nitrogen and oxygen atoms in total. The average molecular weight is 585 g/mol. The quantitative estimate of drug-likeness (QED) is 0.284. The van der Waals surface area contributed by atoms with Crippen molar-refractivity contribution in [2.45, 2.75) is 50.2 Å². The Kier molecular flexibility index (Phi) is 8.68. The van der Waals surface area contributed by atoms with E-state index < -0.39 is 57.6 Å². The molecule has 1 aliphatic carbocycles. The zero-order valence-electron chi connectivity index (χ0n) is 17.2. The highest BCUT2D eigenvalue weighted by molar-refractivity contribution is 9.10. The minimum atomic E-state index is -6.38. The maximum Gasteiger partial charge on any atom is 0.438 e. The maximum absolute atomic E-state index is 13.3. The van der Waals surface area contributed by atoms with E-state index in [1.165, 1.54) is 0 Å². The van der Waals surface area contributed by atoms with E-state index in [0.717, 1.165) is 4.47 Å². The Morgan fingerprint density at radius 3 is 1.76 bits per heavy atom. The van der Waals surface area contributed by atoms with E-state index in [9.17, 15) is 44.3 Å². The van der Waals surface area contributed by atoms with Crippen molar-refractivity contribution < 1.29 is 58.4 Å². The SMILES string of the molecule is O=C(OCc1ccc(Br)cc1)C1CCC(C(=O)OC(CS(=O)(=O)O)(C(F)(F)F)C(F)(F)F)CC1. The minimum absolute atomic E-state index is 0.0522. The Balaban J connectivity index is 2.03. The third kappa shape index (κ3) is 7.07. The number of hydrogen-bond donors (Lipinski definition) is 1. The van der Waals surface area contributed by atoms with Crippen LogP contribution in [-0.2, 0) is 35.8 Å².